The number of benzene rings is 1. The summed E-state index contributed by atoms with van der Waals surface area (Å²) in [6.45, 7) is 1.47. The van der Waals surface area contributed by atoms with Crippen molar-refractivity contribution in [3.8, 4) is 0 Å². The number of rotatable bonds is 4. The molecule has 0 heterocycles. The summed E-state index contributed by atoms with van der Waals surface area (Å²) in [7, 11) is 1.20. The summed E-state index contributed by atoms with van der Waals surface area (Å²) in [6.07, 6.45) is -1.63. The van der Waals surface area contributed by atoms with E-state index in [1.807, 2.05) is 0 Å². The maximum atomic E-state index is 11.1. The van der Waals surface area contributed by atoms with Gasteiger partial charge in [-0.1, -0.05) is 12.1 Å². The zero-order chi connectivity index (χ0) is 13.7. The second-order valence-corrected chi connectivity index (χ2v) is 3.71. The Balaban J connectivity index is 3.02. The van der Waals surface area contributed by atoms with Crippen molar-refractivity contribution in [3.05, 3.63) is 39.9 Å². The number of alkyl carbamates (subject to hydrolysis) is 1. The molecule has 0 unspecified atom stereocenters. The number of ether oxygens (including phenoxy) is 1. The highest BCUT2D eigenvalue weighted by atomic mass is 16.6. The molecule has 18 heavy (non-hydrogen) atoms. The summed E-state index contributed by atoms with van der Waals surface area (Å²) < 4.78 is 4.44. The van der Waals surface area contributed by atoms with Crippen LogP contribution in [-0.2, 0) is 4.74 Å². The average molecular weight is 254 g/mol. The van der Waals surface area contributed by atoms with Crippen LogP contribution < -0.4 is 5.32 Å². The van der Waals surface area contributed by atoms with Crippen LogP contribution in [0.3, 0.4) is 0 Å². The van der Waals surface area contributed by atoms with Crippen LogP contribution in [0.4, 0.5) is 10.5 Å². The van der Waals surface area contributed by atoms with Crippen LogP contribution in [0.5, 0.6) is 0 Å². The lowest BCUT2D eigenvalue weighted by molar-refractivity contribution is -0.384. The van der Waals surface area contributed by atoms with Gasteiger partial charge in [-0.25, -0.2) is 4.79 Å². The molecular formula is C11H14N2O5. The molecule has 0 aliphatic heterocycles. The van der Waals surface area contributed by atoms with E-state index in [1.165, 1.54) is 32.2 Å². The largest absolute Gasteiger partial charge is 0.453 e. The highest BCUT2D eigenvalue weighted by Crippen LogP contribution is 2.21. The first kappa shape index (κ1) is 13.9. The molecule has 0 aliphatic carbocycles. The van der Waals surface area contributed by atoms with Gasteiger partial charge in [-0.2, -0.15) is 0 Å². The molecule has 98 valence electrons. The number of nitrogens with zero attached hydrogens (tertiary/aromatic N) is 1. The minimum absolute atomic E-state index is 0.107. The molecule has 0 spiro atoms. The summed E-state index contributed by atoms with van der Waals surface area (Å²) >= 11 is 0. The second-order valence-electron chi connectivity index (χ2n) is 3.71. The molecule has 1 aromatic carbocycles. The number of aliphatic hydroxyl groups is 1. The van der Waals surface area contributed by atoms with E-state index in [0.717, 1.165) is 0 Å². The molecule has 0 aliphatic rings. The lowest BCUT2D eigenvalue weighted by Crippen LogP contribution is -2.34. The Labute approximate surface area is 104 Å². The average Bonchev–Trinajstić information content (AvgIpc) is 2.35. The highest BCUT2D eigenvalue weighted by molar-refractivity contribution is 5.67. The van der Waals surface area contributed by atoms with Gasteiger partial charge in [0.05, 0.1) is 24.2 Å². The number of hydrogen-bond acceptors (Lipinski definition) is 5. The van der Waals surface area contributed by atoms with E-state index in [2.05, 4.69) is 10.1 Å². The molecule has 2 atom stereocenters. The van der Waals surface area contributed by atoms with Crippen LogP contribution in [0.2, 0.25) is 0 Å². The van der Waals surface area contributed by atoms with Crippen molar-refractivity contribution in [3.63, 3.8) is 0 Å². The van der Waals surface area contributed by atoms with Crippen molar-refractivity contribution in [1.29, 1.82) is 0 Å². The Kier molecular flexibility index (Phi) is 4.61. The van der Waals surface area contributed by atoms with Crippen molar-refractivity contribution in [2.24, 2.45) is 0 Å². The Morgan fingerprint density at radius 1 is 1.56 bits per heavy atom. The minimum Gasteiger partial charge on any atom is -0.453 e. The molecule has 2 N–H and O–H groups in total. The number of nitro groups is 1. The Morgan fingerprint density at radius 2 is 2.22 bits per heavy atom. The van der Waals surface area contributed by atoms with E-state index in [9.17, 15) is 20.0 Å². The van der Waals surface area contributed by atoms with E-state index in [1.54, 1.807) is 6.07 Å². The molecule has 7 heteroatoms. The number of methoxy groups -OCH3 is 1. The zero-order valence-corrected chi connectivity index (χ0v) is 9.99. The van der Waals surface area contributed by atoms with E-state index in [0.29, 0.717) is 5.56 Å². The first-order valence-corrected chi connectivity index (χ1v) is 5.22. The molecule has 7 nitrogen and oxygen atoms in total. The lowest BCUT2D eigenvalue weighted by Gasteiger charge is -2.20. The van der Waals surface area contributed by atoms with Crippen LogP contribution in [-0.4, -0.2) is 29.3 Å². The molecular weight excluding hydrogens is 240 g/mol. The summed E-state index contributed by atoms with van der Waals surface area (Å²) in [4.78, 5) is 21.3. The first-order valence-electron chi connectivity index (χ1n) is 5.22. The summed E-state index contributed by atoms with van der Waals surface area (Å²) in [5, 5.41) is 22.7. The standard InChI is InChI=1S/C11H14N2O5/c1-7(14)10(12-11(15)18-2)8-4-3-5-9(6-8)13(16)17/h3-7,10,14H,1-2H3,(H,12,15)/t7-,10+/m0/s1. The number of aliphatic hydroxyl groups excluding tert-OH is 1. The van der Waals surface area contributed by atoms with Gasteiger partial charge in [-0.15, -0.1) is 0 Å². The summed E-state index contributed by atoms with van der Waals surface area (Å²) in [5.41, 5.74) is 0.328. The fourth-order valence-electron chi connectivity index (χ4n) is 1.50. The number of carbonyl (C=O) groups excluding carboxylic acids is 1. The van der Waals surface area contributed by atoms with Crippen LogP contribution in [0, 0.1) is 10.1 Å². The highest BCUT2D eigenvalue weighted by Gasteiger charge is 2.21. The molecule has 0 bridgehead atoms. The molecule has 0 aromatic heterocycles. The van der Waals surface area contributed by atoms with Gasteiger partial charge in [-0.3, -0.25) is 10.1 Å². The van der Waals surface area contributed by atoms with Crippen molar-refractivity contribution in [1.82, 2.24) is 5.32 Å². The lowest BCUT2D eigenvalue weighted by atomic mass is 10.0. The molecule has 1 aromatic rings. The SMILES string of the molecule is COC(=O)N[C@@H](c1cccc([N+](=O)[O-])c1)[C@H](C)O. The summed E-state index contributed by atoms with van der Waals surface area (Å²) in [5.74, 6) is 0. The number of nitrogens with one attached hydrogen (secondary N) is 1. The van der Waals surface area contributed by atoms with Crippen LogP contribution in [0.25, 0.3) is 0 Å². The van der Waals surface area contributed by atoms with Crippen LogP contribution >= 0.6 is 0 Å². The Morgan fingerprint density at radius 3 is 2.72 bits per heavy atom. The smallest absolute Gasteiger partial charge is 0.407 e. The van der Waals surface area contributed by atoms with Gasteiger partial charge >= 0.3 is 6.09 Å². The van der Waals surface area contributed by atoms with Crippen molar-refractivity contribution < 1.29 is 19.6 Å². The van der Waals surface area contributed by atoms with Gasteiger partial charge in [-0.05, 0) is 12.5 Å². The maximum absolute atomic E-state index is 11.1. The third kappa shape index (κ3) is 3.42. The topological polar surface area (TPSA) is 102 Å². The van der Waals surface area contributed by atoms with Gasteiger partial charge in [0, 0.05) is 12.1 Å². The van der Waals surface area contributed by atoms with Gasteiger partial charge in [0.25, 0.3) is 5.69 Å². The predicted octanol–water partition coefficient (Wildman–Crippen LogP) is 1.37. The van der Waals surface area contributed by atoms with E-state index in [-0.39, 0.29) is 5.69 Å². The fourth-order valence-corrected chi connectivity index (χ4v) is 1.50. The van der Waals surface area contributed by atoms with Crippen LogP contribution in [0.15, 0.2) is 24.3 Å². The second kappa shape index (κ2) is 5.97. The Bertz CT molecular complexity index is 447. The third-order valence-corrected chi connectivity index (χ3v) is 2.38. The number of amides is 1. The van der Waals surface area contributed by atoms with E-state index < -0.39 is 23.2 Å². The van der Waals surface area contributed by atoms with Crippen molar-refractivity contribution >= 4 is 11.8 Å². The predicted molar refractivity (Wildman–Crippen MR) is 63.1 cm³/mol. The fraction of sp³-hybridized carbons (Fsp3) is 0.364. The zero-order valence-electron chi connectivity index (χ0n) is 9.99. The van der Waals surface area contributed by atoms with Crippen LogP contribution in [0.1, 0.15) is 18.5 Å². The molecule has 0 saturated heterocycles. The molecule has 1 amide bonds. The first-order chi connectivity index (χ1) is 8.45. The quantitative estimate of drug-likeness (QED) is 0.624. The van der Waals surface area contributed by atoms with E-state index >= 15 is 0 Å². The molecule has 0 saturated carbocycles. The van der Waals surface area contributed by atoms with Gasteiger partial charge in [0.15, 0.2) is 0 Å². The number of non-ortho nitro benzene ring substituents is 1. The molecule has 1 rings (SSSR count). The van der Waals surface area contributed by atoms with Gasteiger partial charge in [0.2, 0.25) is 0 Å². The van der Waals surface area contributed by atoms with Gasteiger partial charge < -0.3 is 15.2 Å². The summed E-state index contributed by atoms with van der Waals surface area (Å²) in [6, 6.07) is 4.94. The monoisotopic (exact) mass is 254 g/mol. The van der Waals surface area contributed by atoms with E-state index in [4.69, 9.17) is 0 Å². The number of nitro benzene ring substituents is 1. The molecule has 0 fully saturated rings. The minimum atomic E-state index is -0.911. The normalized spacial score (nSPS) is 13.5. The Hall–Kier alpha value is -2.15. The van der Waals surface area contributed by atoms with Gasteiger partial charge in [0.1, 0.15) is 0 Å². The molecule has 0 radical (unpaired) electrons. The third-order valence-electron chi connectivity index (χ3n) is 2.38. The maximum Gasteiger partial charge on any atom is 0.407 e. The number of carbonyl (C=O) groups is 1. The van der Waals surface area contributed by atoms with Crippen molar-refractivity contribution in [2.45, 2.75) is 19.1 Å². The number of hydrogen-bond donors (Lipinski definition) is 2. The van der Waals surface area contributed by atoms with Crippen molar-refractivity contribution in [2.75, 3.05) is 7.11 Å².